The van der Waals surface area contributed by atoms with Gasteiger partial charge in [-0.2, -0.15) is 0 Å². The molecule has 0 bridgehead atoms. The summed E-state index contributed by atoms with van der Waals surface area (Å²) in [6.07, 6.45) is 4.15. The fourth-order valence-electron chi connectivity index (χ4n) is 1.56. The second kappa shape index (κ2) is 5.47. The Bertz CT molecular complexity index is 418. The molecule has 0 radical (unpaired) electrons. The third kappa shape index (κ3) is 3.98. The van der Waals surface area contributed by atoms with Gasteiger partial charge in [-0.05, 0) is 43.9 Å². The van der Waals surface area contributed by atoms with E-state index in [0.717, 1.165) is 18.0 Å². The molecule has 0 atom stereocenters. The van der Waals surface area contributed by atoms with E-state index in [4.69, 9.17) is 11.6 Å². The molecule has 1 aliphatic carbocycles. The fraction of sp³-hybridized carbons (Fsp3) is 0.500. The number of rotatable bonds is 5. The highest BCUT2D eigenvalue weighted by Gasteiger charge is 2.20. The highest BCUT2D eigenvalue weighted by molar-refractivity contribution is 6.29. The maximum absolute atomic E-state index is 11.6. The van der Waals surface area contributed by atoms with E-state index in [2.05, 4.69) is 15.6 Å². The molecular weight excluding hydrogens is 238 g/mol. The lowest BCUT2D eigenvalue weighted by Crippen LogP contribution is -2.29. The normalized spacial score (nSPS) is 14.7. The number of amides is 1. The number of carbonyl (C=O) groups excluding carboxylic acids is 1. The van der Waals surface area contributed by atoms with Crippen molar-refractivity contribution in [2.24, 2.45) is 5.92 Å². The molecule has 4 nitrogen and oxygen atoms in total. The quantitative estimate of drug-likeness (QED) is 0.789. The van der Waals surface area contributed by atoms with Crippen molar-refractivity contribution in [3.05, 3.63) is 23.0 Å². The lowest BCUT2D eigenvalue weighted by molar-refractivity contribution is -0.115. The summed E-state index contributed by atoms with van der Waals surface area (Å²) < 4.78 is 0. The number of hydrogen-bond acceptors (Lipinski definition) is 3. The van der Waals surface area contributed by atoms with Crippen molar-refractivity contribution in [3.8, 4) is 0 Å². The zero-order chi connectivity index (χ0) is 12.3. The number of nitrogens with one attached hydrogen (secondary N) is 2. The summed E-state index contributed by atoms with van der Waals surface area (Å²) in [5.74, 6) is 0.736. The van der Waals surface area contributed by atoms with E-state index in [1.54, 1.807) is 12.3 Å². The summed E-state index contributed by atoms with van der Waals surface area (Å²) in [7, 11) is 0. The van der Waals surface area contributed by atoms with Crippen molar-refractivity contribution in [1.29, 1.82) is 0 Å². The van der Waals surface area contributed by atoms with Crippen LogP contribution in [0.4, 0.5) is 5.69 Å². The number of carbonyl (C=O) groups is 1. The lowest BCUT2D eigenvalue weighted by Gasteiger charge is -2.08. The number of anilines is 1. The molecule has 0 spiro atoms. The van der Waals surface area contributed by atoms with E-state index in [0.29, 0.717) is 17.4 Å². The Morgan fingerprint density at radius 2 is 2.35 bits per heavy atom. The Balaban J connectivity index is 1.79. The van der Waals surface area contributed by atoms with Crippen LogP contribution < -0.4 is 10.6 Å². The van der Waals surface area contributed by atoms with Crippen LogP contribution in [0.1, 0.15) is 18.4 Å². The van der Waals surface area contributed by atoms with Crippen LogP contribution in [0.2, 0.25) is 5.15 Å². The fourth-order valence-corrected chi connectivity index (χ4v) is 1.77. The minimum atomic E-state index is -0.0436. The molecule has 1 aromatic rings. The molecule has 0 unspecified atom stereocenters. The van der Waals surface area contributed by atoms with Crippen molar-refractivity contribution >= 4 is 23.2 Å². The predicted molar refractivity (Wildman–Crippen MR) is 68.2 cm³/mol. The van der Waals surface area contributed by atoms with Gasteiger partial charge in [0.25, 0.3) is 0 Å². The Hall–Kier alpha value is -1.13. The van der Waals surface area contributed by atoms with Crippen LogP contribution in [0.5, 0.6) is 0 Å². The number of aryl methyl sites for hydroxylation is 1. The second-order valence-corrected chi connectivity index (χ2v) is 4.83. The van der Waals surface area contributed by atoms with Crippen LogP contribution in [-0.4, -0.2) is 24.0 Å². The van der Waals surface area contributed by atoms with Gasteiger partial charge in [0.2, 0.25) is 5.91 Å². The first-order valence-corrected chi connectivity index (χ1v) is 6.15. The number of halogens is 1. The molecule has 92 valence electrons. The second-order valence-electron chi connectivity index (χ2n) is 4.44. The first-order chi connectivity index (χ1) is 8.15. The molecule has 1 aromatic heterocycles. The molecule has 17 heavy (non-hydrogen) atoms. The van der Waals surface area contributed by atoms with E-state index in [1.807, 2.05) is 6.92 Å². The Morgan fingerprint density at radius 3 is 3.00 bits per heavy atom. The number of nitrogens with zero attached hydrogens (tertiary/aromatic N) is 1. The van der Waals surface area contributed by atoms with Crippen molar-refractivity contribution in [1.82, 2.24) is 10.3 Å². The van der Waals surface area contributed by atoms with E-state index in [1.165, 1.54) is 12.8 Å². The van der Waals surface area contributed by atoms with Crippen molar-refractivity contribution in [2.45, 2.75) is 19.8 Å². The number of pyridine rings is 1. The first kappa shape index (κ1) is 12.3. The molecule has 0 aromatic carbocycles. The van der Waals surface area contributed by atoms with E-state index in [9.17, 15) is 4.79 Å². The summed E-state index contributed by atoms with van der Waals surface area (Å²) in [5.41, 5.74) is 1.63. The molecule has 1 fully saturated rings. The van der Waals surface area contributed by atoms with Gasteiger partial charge < -0.3 is 10.6 Å². The van der Waals surface area contributed by atoms with Gasteiger partial charge in [0.1, 0.15) is 5.15 Å². The van der Waals surface area contributed by atoms with Crippen molar-refractivity contribution in [3.63, 3.8) is 0 Å². The van der Waals surface area contributed by atoms with E-state index < -0.39 is 0 Å². The molecule has 1 saturated carbocycles. The number of hydrogen-bond donors (Lipinski definition) is 2. The Kier molecular flexibility index (Phi) is 3.97. The zero-order valence-electron chi connectivity index (χ0n) is 9.79. The molecule has 0 aliphatic heterocycles. The predicted octanol–water partition coefficient (Wildman–Crippen LogP) is 1.98. The highest BCUT2D eigenvalue weighted by Crippen LogP contribution is 2.27. The van der Waals surface area contributed by atoms with Crippen LogP contribution >= 0.6 is 11.6 Å². The van der Waals surface area contributed by atoms with Gasteiger partial charge in [0.05, 0.1) is 18.4 Å². The average molecular weight is 254 g/mol. The minimum absolute atomic E-state index is 0.0436. The van der Waals surface area contributed by atoms with Gasteiger partial charge >= 0.3 is 0 Å². The molecule has 2 N–H and O–H groups in total. The third-order valence-corrected chi connectivity index (χ3v) is 2.97. The van der Waals surface area contributed by atoms with Crippen LogP contribution in [0.15, 0.2) is 12.3 Å². The summed E-state index contributed by atoms with van der Waals surface area (Å²) in [5, 5.41) is 6.39. The monoisotopic (exact) mass is 253 g/mol. The highest BCUT2D eigenvalue weighted by atomic mass is 35.5. The molecule has 5 heteroatoms. The minimum Gasteiger partial charge on any atom is -0.323 e. The maximum Gasteiger partial charge on any atom is 0.238 e. The summed E-state index contributed by atoms with van der Waals surface area (Å²) >= 11 is 5.74. The van der Waals surface area contributed by atoms with Gasteiger partial charge in [0.15, 0.2) is 0 Å². The third-order valence-electron chi connectivity index (χ3n) is 2.77. The number of aromatic nitrogens is 1. The molecule has 2 rings (SSSR count). The summed E-state index contributed by atoms with van der Waals surface area (Å²) in [6, 6.07) is 1.73. The first-order valence-electron chi connectivity index (χ1n) is 5.78. The zero-order valence-corrected chi connectivity index (χ0v) is 10.5. The van der Waals surface area contributed by atoms with Crippen LogP contribution in [0.25, 0.3) is 0 Å². The standard InChI is InChI=1S/C12H16ClN3O/c1-8-4-11(13)15-6-10(8)16-12(17)7-14-5-9-2-3-9/h4,6,9,14H,2-3,5,7H2,1H3,(H,16,17). The van der Waals surface area contributed by atoms with Gasteiger partial charge in [-0.3, -0.25) is 4.79 Å². The van der Waals surface area contributed by atoms with E-state index >= 15 is 0 Å². The van der Waals surface area contributed by atoms with Crippen LogP contribution in [0.3, 0.4) is 0 Å². The summed E-state index contributed by atoms with van der Waals surface area (Å²) in [6.45, 7) is 3.17. The topological polar surface area (TPSA) is 54.0 Å². The maximum atomic E-state index is 11.6. The Labute approximate surface area is 106 Å². The largest absolute Gasteiger partial charge is 0.323 e. The molecule has 0 saturated heterocycles. The van der Waals surface area contributed by atoms with Crippen molar-refractivity contribution in [2.75, 3.05) is 18.4 Å². The van der Waals surface area contributed by atoms with Gasteiger partial charge in [-0.1, -0.05) is 11.6 Å². The molecule has 1 amide bonds. The van der Waals surface area contributed by atoms with Gasteiger partial charge in [-0.15, -0.1) is 0 Å². The molecule has 1 heterocycles. The summed E-state index contributed by atoms with van der Waals surface area (Å²) in [4.78, 5) is 15.6. The average Bonchev–Trinajstić information content (AvgIpc) is 3.06. The Morgan fingerprint density at radius 1 is 1.59 bits per heavy atom. The van der Waals surface area contributed by atoms with Gasteiger partial charge in [0, 0.05) is 0 Å². The molecular formula is C12H16ClN3O. The van der Waals surface area contributed by atoms with Crippen LogP contribution in [0, 0.1) is 12.8 Å². The SMILES string of the molecule is Cc1cc(Cl)ncc1NC(=O)CNCC1CC1. The molecule has 1 aliphatic rings. The lowest BCUT2D eigenvalue weighted by atomic mass is 10.2. The van der Waals surface area contributed by atoms with Gasteiger partial charge in [-0.25, -0.2) is 4.98 Å². The van der Waals surface area contributed by atoms with Crippen LogP contribution in [-0.2, 0) is 4.79 Å². The van der Waals surface area contributed by atoms with E-state index in [-0.39, 0.29) is 5.91 Å². The van der Waals surface area contributed by atoms with Crippen molar-refractivity contribution < 1.29 is 4.79 Å². The smallest absolute Gasteiger partial charge is 0.238 e.